The van der Waals surface area contributed by atoms with Gasteiger partial charge in [-0.2, -0.15) is 20.5 Å². The lowest BCUT2D eigenvalue weighted by molar-refractivity contribution is 0.0996. The van der Waals surface area contributed by atoms with E-state index in [0.29, 0.717) is 12.2 Å². The van der Waals surface area contributed by atoms with Crippen LogP contribution >= 0.6 is 0 Å². The van der Waals surface area contributed by atoms with E-state index in [-0.39, 0.29) is 11.8 Å². The Balaban J connectivity index is 2.02. The Hall–Kier alpha value is -3.16. The summed E-state index contributed by atoms with van der Waals surface area (Å²) in [6.07, 6.45) is 3.63. The number of hydrogen-bond donors (Lipinski definition) is 2. The number of nitrogens with two attached hydrogens (primary N) is 1. The minimum Gasteiger partial charge on any atom is -0.491 e. The van der Waals surface area contributed by atoms with Crippen molar-refractivity contribution in [1.29, 1.82) is 0 Å². The summed E-state index contributed by atoms with van der Waals surface area (Å²) in [6.45, 7) is 4.47. The zero-order valence-corrected chi connectivity index (χ0v) is 13.4. The van der Waals surface area contributed by atoms with Crippen molar-refractivity contribution >= 4 is 5.91 Å². The monoisotopic (exact) mass is 326 g/mol. The average Bonchev–Trinajstić information content (AvgIpc) is 3.19. The number of ether oxygens (including phenoxy) is 1. The van der Waals surface area contributed by atoms with Gasteiger partial charge in [0.1, 0.15) is 11.4 Å². The number of amides is 1. The lowest BCUT2D eigenvalue weighted by atomic mass is 10.1. The quantitative estimate of drug-likeness (QED) is 0.714. The number of H-pyrrole nitrogens is 1. The topological polar surface area (TPSA) is 112 Å². The molecule has 0 spiro atoms. The van der Waals surface area contributed by atoms with Crippen LogP contribution in [0.4, 0.5) is 0 Å². The van der Waals surface area contributed by atoms with Crippen molar-refractivity contribution in [3.05, 3.63) is 47.9 Å². The summed E-state index contributed by atoms with van der Waals surface area (Å²) in [5.74, 6) is 0.128. The minimum absolute atomic E-state index is 0.0421. The third-order valence-corrected chi connectivity index (χ3v) is 3.37. The third kappa shape index (κ3) is 3.27. The molecular formula is C16H18N6O2. The van der Waals surface area contributed by atoms with Crippen LogP contribution in [-0.4, -0.2) is 37.2 Å². The number of carbonyl (C=O) groups is 1. The molecule has 0 saturated carbocycles. The Morgan fingerprint density at radius 1 is 1.38 bits per heavy atom. The number of nitrogens with one attached hydrogen (secondary N) is 1. The fourth-order valence-corrected chi connectivity index (χ4v) is 2.39. The second-order valence-corrected chi connectivity index (χ2v) is 5.58. The van der Waals surface area contributed by atoms with Gasteiger partial charge in [0.25, 0.3) is 5.91 Å². The lowest BCUT2D eigenvalue weighted by Gasteiger charge is -2.15. The van der Waals surface area contributed by atoms with Crippen LogP contribution in [0, 0.1) is 0 Å². The van der Waals surface area contributed by atoms with Crippen LogP contribution in [0.2, 0.25) is 0 Å². The molecule has 1 aromatic carbocycles. The van der Waals surface area contributed by atoms with Gasteiger partial charge in [-0.1, -0.05) is 0 Å². The summed E-state index contributed by atoms with van der Waals surface area (Å²) in [7, 11) is 0. The molecule has 1 amide bonds. The highest BCUT2D eigenvalue weighted by Crippen LogP contribution is 2.28. The number of aromatic amines is 1. The van der Waals surface area contributed by atoms with Gasteiger partial charge >= 0.3 is 0 Å². The van der Waals surface area contributed by atoms with Crippen LogP contribution in [0.5, 0.6) is 5.75 Å². The summed E-state index contributed by atoms with van der Waals surface area (Å²) >= 11 is 0. The first-order chi connectivity index (χ1) is 11.5. The van der Waals surface area contributed by atoms with Gasteiger partial charge in [-0.05, 0) is 38.1 Å². The van der Waals surface area contributed by atoms with E-state index in [1.165, 1.54) is 0 Å². The average molecular weight is 326 g/mol. The molecule has 8 nitrogen and oxygen atoms in total. The van der Waals surface area contributed by atoms with Crippen molar-refractivity contribution in [1.82, 2.24) is 25.2 Å². The molecule has 3 rings (SSSR count). The molecule has 3 N–H and O–H groups in total. The van der Waals surface area contributed by atoms with E-state index in [4.69, 9.17) is 10.5 Å². The molecule has 3 aromatic rings. The zero-order chi connectivity index (χ0) is 17.1. The van der Waals surface area contributed by atoms with Crippen molar-refractivity contribution in [2.45, 2.75) is 26.5 Å². The van der Waals surface area contributed by atoms with Gasteiger partial charge in [0.05, 0.1) is 12.6 Å². The molecule has 2 heterocycles. The summed E-state index contributed by atoms with van der Waals surface area (Å²) in [5, 5.41) is 14.5. The van der Waals surface area contributed by atoms with Crippen LogP contribution in [0.1, 0.15) is 29.9 Å². The van der Waals surface area contributed by atoms with Gasteiger partial charge < -0.3 is 10.5 Å². The van der Waals surface area contributed by atoms with E-state index in [1.807, 2.05) is 44.3 Å². The summed E-state index contributed by atoms with van der Waals surface area (Å²) in [5.41, 5.74) is 7.52. The fourth-order valence-electron chi connectivity index (χ4n) is 2.39. The number of carbonyl (C=O) groups excluding carboxylic acids is 1. The molecule has 0 unspecified atom stereocenters. The number of hydrogen-bond acceptors (Lipinski definition) is 5. The summed E-state index contributed by atoms with van der Waals surface area (Å²) in [6, 6.07) is 7.45. The highest BCUT2D eigenvalue weighted by molar-refractivity contribution is 5.96. The Morgan fingerprint density at radius 2 is 2.21 bits per heavy atom. The van der Waals surface area contributed by atoms with E-state index in [2.05, 4.69) is 20.5 Å². The van der Waals surface area contributed by atoms with Crippen LogP contribution in [0.3, 0.4) is 0 Å². The summed E-state index contributed by atoms with van der Waals surface area (Å²) in [4.78, 5) is 11.5. The van der Waals surface area contributed by atoms with Gasteiger partial charge in [-0.15, -0.1) is 0 Å². The molecule has 2 aromatic heterocycles. The highest BCUT2D eigenvalue weighted by Gasteiger charge is 2.17. The van der Waals surface area contributed by atoms with Gasteiger partial charge in [0, 0.05) is 23.5 Å². The molecular weight excluding hydrogens is 308 g/mol. The second-order valence-electron chi connectivity index (χ2n) is 5.58. The van der Waals surface area contributed by atoms with E-state index in [1.54, 1.807) is 10.9 Å². The molecule has 0 fully saturated rings. The van der Waals surface area contributed by atoms with Gasteiger partial charge in [-0.3, -0.25) is 9.48 Å². The zero-order valence-electron chi connectivity index (χ0n) is 13.4. The maximum atomic E-state index is 11.5. The molecule has 24 heavy (non-hydrogen) atoms. The molecule has 0 bridgehead atoms. The molecule has 0 aliphatic heterocycles. The third-order valence-electron chi connectivity index (χ3n) is 3.37. The molecule has 0 aliphatic rings. The first-order valence-electron chi connectivity index (χ1n) is 7.52. The number of nitrogens with zero attached hydrogens (tertiary/aromatic N) is 4. The first-order valence-corrected chi connectivity index (χ1v) is 7.52. The first kappa shape index (κ1) is 15.7. The van der Waals surface area contributed by atoms with Gasteiger partial charge in [-0.25, -0.2) is 0 Å². The smallest absolute Gasteiger partial charge is 0.271 e. The van der Waals surface area contributed by atoms with E-state index < -0.39 is 5.91 Å². The van der Waals surface area contributed by atoms with E-state index in [9.17, 15) is 4.79 Å². The van der Waals surface area contributed by atoms with Crippen LogP contribution in [-0.2, 0) is 6.54 Å². The van der Waals surface area contributed by atoms with Gasteiger partial charge in [0.15, 0.2) is 5.69 Å². The highest BCUT2D eigenvalue weighted by atomic mass is 16.5. The Bertz CT molecular complexity index is 838. The number of benzene rings is 1. The minimum atomic E-state index is -0.630. The maximum Gasteiger partial charge on any atom is 0.271 e. The predicted octanol–water partition coefficient (Wildman–Crippen LogP) is 1.60. The molecule has 0 aliphatic carbocycles. The van der Waals surface area contributed by atoms with Crippen LogP contribution < -0.4 is 10.5 Å². The molecule has 0 saturated heterocycles. The number of rotatable bonds is 6. The molecule has 124 valence electrons. The standard InChI is InChI=1S/C16H18N6O2/c1-10(2)24-13-5-4-11(14-15(16(17)23)20-21-19-14)8-12(13)9-22-7-3-6-18-22/h3-8,10H,9H2,1-2H3,(H2,17,23)(H,19,20,21). The molecule has 0 radical (unpaired) electrons. The Morgan fingerprint density at radius 3 is 2.88 bits per heavy atom. The largest absolute Gasteiger partial charge is 0.491 e. The van der Waals surface area contributed by atoms with E-state index >= 15 is 0 Å². The second kappa shape index (κ2) is 6.53. The Labute approximate surface area is 138 Å². The lowest BCUT2D eigenvalue weighted by Crippen LogP contribution is -2.13. The molecule has 8 heteroatoms. The SMILES string of the molecule is CC(C)Oc1ccc(-c2n[nH]nc2C(N)=O)cc1Cn1cccn1. The molecule has 0 atom stereocenters. The van der Waals surface area contributed by atoms with Crippen molar-refractivity contribution in [2.24, 2.45) is 5.73 Å². The predicted molar refractivity (Wildman–Crippen MR) is 87.4 cm³/mol. The van der Waals surface area contributed by atoms with Gasteiger partial charge in [0.2, 0.25) is 0 Å². The Kier molecular flexibility index (Phi) is 4.28. The number of aromatic nitrogens is 5. The normalized spacial score (nSPS) is 11.0. The van der Waals surface area contributed by atoms with Crippen LogP contribution in [0.15, 0.2) is 36.7 Å². The van der Waals surface area contributed by atoms with Crippen molar-refractivity contribution in [3.8, 4) is 17.0 Å². The van der Waals surface area contributed by atoms with Crippen molar-refractivity contribution < 1.29 is 9.53 Å². The fraction of sp³-hybridized carbons (Fsp3) is 0.250. The number of primary amides is 1. The maximum absolute atomic E-state index is 11.5. The van der Waals surface area contributed by atoms with Crippen molar-refractivity contribution in [2.75, 3.05) is 0 Å². The van der Waals surface area contributed by atoms with E-state index in [0.717, 1.165) is 16.9 Å². The van der Waals surface area contributed by atoms with Crippen molar-refractivity contribution in [3.63, 3.8) is 0 Å². The van der Waals surface area contributed by atoms with Crippen LogP contribution in [0.25, 0.3) is 11.3 Å². The summed E-state index contributed by atoms with van der Waals surface area (Å²) < 4.78 is 7.66.